The van der Waals surface area contributed by atoms with E-state index in [-0.39, 0.29) is 17.4 Å². The number of hydrogen-bond acceptors (Lipinski definition) is 3. The van der Waals surface area contributed by atoms with Crippen molar-refractivity contribution < 1.29 is 22.8 Å². The first-order valence-electron chi connectivity index (χ1n) is 12.2. The molecule has 0 radical (unpaired) electrons. The highest BCUT2D eigenvalue weighted by Crippen LogP contribution is 2.29. The highest BCUT2D eigenvalue weighted by molar-refractivity contribution is 6.30. The molecule has 36 heavy (non-hydrogen) atoms. The smallest absolute Gasteiger partial charge is 0.354 e. The lowest BCUT2D eigenvalue weighted by Crippen LogP contribution is -2.49. The molecule has 2 aromatic carbocycles. The summed E-state index contributed by atoms with van der Waals surface area (Å²) < 4.78 is 39.0. The van der Waals surface area contributed by atoms with Crippen LogP contribution in [0.15, 0.2) is 48.5 Å². The molecular formula is C27H33ClF3N3O2. The molecule has 1 aliphatic heterocycles. The van der Waals surface area contributed by atoms with Crippen LogP contribution in [-0.4, -0.2) is 42.4 Å². The van der Waals surface area contributed by atoms with Crippen molar-refractivity contribution in [2.75, 3.05) is 19.6 Å². The van der Waals surface area contributed by atoms with Gasteiger partial charge in [-0.2, -0.15) is 13.2 Å². The van der Waals surface area contributed by atoms with E-state index in [9.17, 15) is 22.8 Å². The first-order chi connectivity index (χ1) is 17.0. The van der Waals surface area contributed by atoms with Gasteiger partial charge in [0.15, 0.2) is 0 Å². The predicted molar refractivity (Wildman–Crippen MR) is 135 cm³/mol. The molecule has 1 heterocycles. The molecule has 2 amide bonds. The normalized spacial score (nSPS) is 16.1. The Bertz CT molecular complexity index is 1020. The molecule has 1 aliphatic rings. The van der Waals surface area contributed by atoms with Crippen molar-refractivity contribution in [3.05, 3.63) is 70.2 Å². The Morgan fingerprint density at radius 3 is 2.36 bits per heavy atom. The van der Waals surface area contributed by atoms with Crippen LogP contribution in [0.5, 0.6) is 0 Å². The third-order valence-electron chi connectivity index (χ3n) is 6.37. The molecule has 0 aliphatic carbocycles. The van der Waals surface area contributed by atoms with Gasteiger partial charge in [-0.1, -0.05) is 43.6 Å². The quantitative estimate of drug-likeness (QED) is 0.454. The number of rotatable bonds is 9. The van der Waals surface area contributed by atoms with E-state index in [1.54, 1.807) is 0 Å². The van der Waals surface area contributed by atoms with E-state index in [1.165, 1.54) is 17.7 Å². The molecule has 0 aromatic heterocycles. The van der Waals surface area contributed by atoms with Crippen molar-refractivity contribution in [3.63, 3.8) is 0 Å². The van der Waals surface area contributed by atoms with Crippen molar-refractivity contribution in [2.24, 2.45) is 11.8 Å². The molecule has 2 aromatic rings. The minimum absolute atomic E-state index is 0.110. The first-order valence-corrected chi connectivity index (χ1v) is 12.6. The molecule has 1 fully saturated rings. The zero-order valence-electron chi connectivity index (χ0n) is 20.6. The summed E-state index contributed by atoms with van der Waals surface area (Å²) in [7, 11) is 0. The van der Waals surface area contributed by atoms with Gasteiger partial charge in [-0.25, -0.2) is 0 Å². The Morgan fingerprint density at radius 2 is 1.75 bits per heavy atom. The van der Waals surface area contributed by atoms with Crippen LogP contribution in [0.3, 0.4) is 0 Å². The molecule has 2 N–H and O–H groups in total. The number of piperidine rings is 1. The van der Waals surface area contributed by atoms with E-state index in [2.05, 4.69) is 15.5 Å². The first kappa shape index (κ1) is 28.0. The van der Waals surface area contributed by atoms with Gasteiger partial charge in [0, 0.05) is 23.7 Å². The highest BCUT2D eigenvalue weighted by atomic mass is 35.5. The Kier molecular flexibility index (Phi) is 9.79. The standard InChI is InChI=1S/C27H33ClF3N3O2/c1-18(2)14-24(33-25(35)21-4-3-5-22(15-21)27(29,30)31)26(36)32-16-19-10-12-34(13-11-19)17-20-6-8-23(28)9-7-20/h3-9,15,18-19,24H,10-14,16-17H2,1-2H3,(H,32,36)(H,33,35). The van der Waals surface area contributed by atoms with Crippen LogP contribution in [0, 0.1) is 11.8 Å². The van der Waals surface area contributed by atoms with Gasteiger partial charge in [-0.05, 0) is 80.1 Å². The Morgan fingerprint density at radius 1 is 1.08 bits per heavy atom. The number of amides is 2. The number of carbonyl (C=O) groups excluding carboxylic acids is 2. The summed E-state index contributed by atoms with van der Waals surface area (Å²) in [5.74, 6) is -0.571. The molecule has 5 nitrogen and oxygen atoms in total. The second kappa shape index (κ2) is 12.6. The second-order valence-corrected chi connectivity index (χ2v) is 10.3. The van der Waals surface area contributed by atoms with E-state index in [1.807, 2.05) is 38.1 Å². The zero-order chi connectivity index (χ0) is 26.3. The van der Waals surface area contributed by atoms with E-state index < -0.39 is 23.7 Å². The van der Waals surface area contributed by atoms with Crippen LogP contribution < -0.4 is 10.6 Å². The molecule has 1 unspecified atom stereocenters. The van der Waals surface area contributed by atoms with Gasteiger partial charge >= 0.3 is 6.18 Å². The zero-order valence-corrected chi connectivity index (χ0v) is 21.3. The number of nitrogens with one attached hydrogen (secondary N) is 2. The van der Waals surface area contributed by atoms with Crippen molar-refractivity contribution in [2.45, 2.75) is 51.9 Å². The molecule has 196 valence electrons. The number of halogens is 4. The molecule has 3 rings (SSSR count). The number of benzene rings is 2. The molecule has 0 bridgehead atoms. The fourth-order valence-corrected chi connectivity index (χ4v) is 4.47. The van der Waals surface area contributed by atoms with Crippen molar-refractivity contribution in [1.82, 2.24) is 15.5 Å². The van der Waals surface area contributed by atoms with E-state index in [0.29, 0.717) is 18.9 Å². The van der Waals surface area contributed by atoms with E-state index in [0.717, 1.165) is 49.6 Å². The average molecular weight is 524 g/mol. The van der Waals surface area contributed by atoms with Crippen LogP contribution in [0.2, 0.25) is 5.02 Å². The molecule has 0 spiro atoms. The highest BCUT2D eigenvalue weighted by Gasteiger charge is 2.31. The Hall–Kier alpha value is -2.58. The minimum Gasteiger partial charge on any atom is -0.354 e. The lowest BCUT2D eigenvalue weighted by molar-refractivity contribution is -0.137. The maximum Gasteiger partial charge on any atom is 0.416 e. The number of likely N-dealkylation sites (tertiary alicyclic amines) is 1. The topological polar surface area (TPSA) is 61.4 Å². The number of carbonyl (C=O) groups is 2. The fraction of sp³-hybridized carbons (Fsp3) is 0.481. The van der Waals surface area contributed by atoms with Crippen LogP contribution in [-0.2, 0) is 17.5 Å². The second-order valence-electron chi connectivity index (χ2n) is 9.83. The summed E-state index contributed by atoms with van der Waals surface area (Å²) in [6.07, 6.45) is -2.27. The SMILES string of the molecule is CC(C)CC(NC(=O)c1cccc(C(F)(F)F)c1)C(=O)NCC1CCN(Cc2ccc(Cl)cc2)CC1. The van der Waals surface area contributed by atoms with E-state index >= 15 is 0 Å². The Labute approximate surface area is 215 Å². The number of alkyl halides is 3. The van der Waals surface area contributed by atoms with Gasteiger partial charge in [0.2, 0.25) is 5.91 Å². The Balaban J connectivity index is 1.51. The van der Waals surface area contributed by atoms with Crippen LogP contribution >= 0.6 is 11.6 Å². The maximum absolute atomic E-state index is 13.0. The lowest BCUT2D eigenvalue weighted by Gasteiger charge is -2.32. The third-order valence-corrected chi connectivity index (χ3v) is 6.62. The lowest BCUT2D eigenvalue weighted by atomic mass is 9.96. The summed E-state index contributed by atoms with van der Waals surface area (Å²) in [5.41, 5.74) is 0.182. The molecule has 9 heteroatoms. The molecule has 0 saturated carbocycles. The number of nitrogens with zero attached hydrogens (tertiary/aromatic N) is 1. The van der Waals surface area contributed by atoms with Crippen LogP contribution in [0.4, 0.5) is 13.2 Å². The molecule has 1 atom stereocenters. The van der Waals surface area contributed by atoms with Crippen molar-refractivity contribution in [1.29, 1.82) is 0 Å². The van der Waals surface area contributed by atoms with Gasteiger partial charge in [0.05, 0.1) is 5.56 Å². The summed E-state index contributed by atoms with van der Waals surface area (Å²) in [5, 5.41) is 6.30. The van der Waals surface area contributed by atoms with Crippen LogP contribution in [0.25, 0.3) is 0 Å². The minimum atomic E-state index is -4.55. The van der Waals surface area contributed by atoms with Gasteiger partial charge in [0.25, 0.3) is 5.91 Å². The summed E-state index contributed by atoms with van der Waals surface area (Å²) >= 11 is 5.95. The van der Waals surface area contributed by atoms with Crippen molar-refractivity contribution in [3.8, 4) is 0 Å². The maximum atomic E-state index is 13.0. The third kappa shape index (κ3) is 8.52. The summed E-state index contributed by atoms with van der Waals surface area (Å²) in [6.45, 7) is 7.05. The monoisotopic (exact) mass is 523 g/mol. The van der Waals surface area contributed by atoms with Gasteiger partial charge < -0.3 is 10.6 Å². The molecular weight excluding hydrogens is 491 g/mol. The van der Waals surface area contributed by atoms with Gasteiger partial charge in [-0.15, -0.1) is 0 Å². The number of hydrogen-bond donors (Lipinski definition) is 2. The van der Waals surface area contributed by atoms with Crippen LogP contribution in [0.1, 0.15) is 54.6 Å². The van der Waals surface area contributed by atoms with Gasteiger partial charge in [-0.3, -0.25) is 14.5 Å². The summed E-state index contributed by atoms with van der Waals surface area (Å²) in [4.78, 5) is 28.0. The predicted octanol–water partition coefficient (Wildman–Crippen LogP) is 5.53. The molecule has 1 saturated heterocycles. The van der Waals surface area contributed by atoms with E-state index in [4.69, 9.17) is 11.6 Å². The largest absolute Gasteiger partial charge is 0.416 e. The van der Waals surface area contributed by atoms with Crippen molar-refractivity contribution >= 4 is 23.4 Å². The average Bonchev–Trinajstić information content (AvgIpc) is 2.83. The fourth-order valence-electron chi connectivity index (χ4n) is 4.35. The summed E-state index contributed by atoms with van der Waals surface area (Å²) in [6, 6.07) is 11.2. The van der Waals surface area contributed by atoms with Gasteiger partial charge in [0.1, 0.15) is 6.04 Å².